The zero-order chi connectivity index (χ0) is 14.3. The van der Waals surface area contributed by atoms with Gasteiger partial charge in [0.25, 0.3) is 5.91 Å². The van der Waals surface area contributed by atoms with Gasteiger partial charge in [-0.2, -0.15) is 13.2 Å². The van der Waals surface area contributed by atoms with Crippen LogP contribution in [0.5, 0.6) is 0 Å². The topological polar surface area (TPSA) is 29.1 Å². The molecule has 1 rings (SSSR count). The Balaban J connectivity index is 0.00000137. The lowest BCUT2D eigenvalue weighted by Gasteiger charge is -2.08. The van der Waals surface area contributed by atoms with E-state index in [1.54, 1.807) is 0 Å². The van der Waals surface area contributed by atoms with Crippen LogP contribution in [0.4, 0.5) is 13.2 Å². The van der Waals surface area contributed by atoms with Gasteiger partial charge < -0.3 is 5.32 Å². The molecule has 0 saturated carbocycles. The Bertz CT molecular complexity index is 410. The summed E-state index contributed by atoms with van der Waals surface area (Å²) in [6, 6.07) is 3.59. The van der Waals surface area contributed by atoms with Crippen LogP contribution in [-0.4, -0.2) is 18.5 Å². The average Bonchev–Trinajstić information content (AvgIpc) is 2.31. The van der Waals surface area contributed by atoms with E-state index >= 15 is 0 Å². The zero-order valence-electron chi connectivity index (χ0n) is 10.1. The Morgan fingerprint density at radius 2 is 1.89 bits per heavy atom. The van der Waals surface area contributed by atoms with Gasteiger partial charge in [-0.1, -0.05) is 25.4 Å². The molecule has 0 atom stereocenters. The fourth-order valence-electron chi connectivity index (χ4n) is 1.01. The summed E-state index contributed by atoms with van der Waals surface area (Å²) in [5.41, 5.74) is -4.35. The highest BCUT2D eigenvalue weighted by Gasteiger charge is 2.29. The lowest BCUT2D eigenvalue weighted by Crippen LogP contribution is -2.18. The van der Waals surface area contributed by atoms with Crippen LogP contribution >= 0.6 is 23.4 Å². The van der Waals surface area contributed by atoms with Crippen LogP contribution in [0.2, 0.25) is 5.02 Å². The van der Waals surface area contributed by atoms with Crippen LogP contribution in [0.3, 0.4) is 0 Å². The second-order valence-corrected chi connectivity index (χ2v) is 4.31. The fraction of sp³-hybridized carbons (Fsp3) is 0.364. The number of hydrogen-bond acceptors (Lipinski definition) is 2. The summed E-state index contributed by atoms with van der Waals surface area (Å²) in [5.74, 6) is -0.519. The third-order valence-electron chi connectivity index (χ3n) is 1.64. The average molecular weight is 300 g/mol. The highest BCUT2D eigenvalue weighted by atomic mass is 35.5. The molecule has 18 heavy (non-hydrogen) atoms. The summed E-state index contributed by atoms with van der Waals surface area (Å²) in [7, 11) is 1.38. The lowest BCUT2D eigenvalue weighted by atomic mass is 10.2. The van der Waals surface area contributed by atoms with Crippen molar-refractivity contribution in [2.24, 2.45) is 0 Å². The summed E-state index contributed by atoms with van der Waals surface area (Å²) in [6.45, 7) is 4.00. The van der Waals surface area contributed by atoms with Crippen molar-refractivity contribution in [3.05, 3.63) is 28.8 Å². The molecule has 0 spiro atoms. The number of carbonyl (C=O) groups excluding carboxylic acids is 1. The molecular weight excluding hydrogens is 287 g/mol. The third kappa shape index (κ3) is 5.64. The van der Waals surface area contributed by atoms with E-state index in [0.29, 0.717) is 0 Å². The maximum atomic E-state index is 12.1. The molecule has 1 amide bonds. The molecule has 1 aromatic carbocycles. The molecule has 0 fully saturated rings. The smallest absolute Gasteiger partial charge is 0.355 e. The molecule has 0 bridgehead atoms. The van der Waals surface area contributed by atoms with Crippen molar-refractivity contribution in [3.63, 3.8) is 0 Å². The number of halogens is 4. The van der Waals surface area contributed by atoms with E-state index in [1.807, 2.05) is 13.8 Å². The number of alkyl halides is 3. The summed E-state index contributed by atoms with van der Waals surface area (Å²) in [5, 5.41) is 2.41. The largest absolute Gasteiger partial charge is 0.446 e. The summed E-state index contributed by atoms with van der Waals surface area (Å²) in [4.78, 5) is 11.2. The molecular formula is C11H13ClF3NOS. The number of thioether (sulfide) groups is 1. The first-order valence-electron chi connectivity index (χ1n) is 5.11. The van der Waals surface area contributed by atoms with Crippen LogP contribution in [0.1, 0.15) is 24.2 Å². The van der Waals surface area contributed by atoms with Gasteiger partial charge in [0.15, 0.2) is 0 Å². The molecule has 0 heterocycles. The van der Waals surface area contributed by atoms with Crippen LogP contribution in [0, 0.1) is 0 Å². The van der Waals surface area contributed by atoms with Gasteiger partial charge in [-0.3, -0.25) is 4.79 Å². The van der Waals surface area contributed by atoms with Crippen molar-refractivity contribution >= 4 is 29.3 Å². The molecule has 102 valence electrons. The van der Waals surface area contributed by atoms with Crippen LogP contribution < -0.4 is 5.32 Å². The van der Waals surface area contributed by atoms with Crippen molar-refractivity contribution in [1.29, 1.82) is 0 Å². The quantitative estimate of drug-likeness (QED) is 0.823. The molecule has 0 unspecified atom stereocenters. The first-order chi connectivity index (χ1) is 8.33. The standard InChI is InChI=1S/C9H7ClF3NOS.C2H6/c1-14-8(15)6-4-5(2-3-7(6)10)16-9(11,12)13;1-2/h2-4H,1H3,(H,14,15);1-2H3. The number of rotatable bonds is 2. The minimum absolute atomic E-state index is 0.0263. The molecule has 0 aliphatic rings. The Hall–Kier alpha value is -0.880. The minimum atomic E-state index is -4.38. The Morgan fingerprint density at radius 1 is 1.33 bits per heavy atom. The minimum Gasteiger partial charge on any atom is -0.355 e. The van der Waals surface area contributed by atoms with Gasteiger partial charge >= 0.3 is 5.51 Å². The molecule has 1 N–H and O–H groups in total. The van der Waals surface area contributed by atoms with Crippen LogP contribution in [0.25, 0.3) is 0 Å². The molecule has 2 nitrogen and oxygen atoms in total. The van der Waals surface area contributed by atoms with E-state index in [4.69, 9.17) is 11.6 Å². The van der Waals surface area contributed by atoms with Crippen molar-refractivity contribution in [2.45, 2.75) is 24.3 Å². The Morgan fingerprint density at radius 3 is 2.33 bits per heavy atom. The number of nitrogens with one attached hydrogen (secondary N) is 1. The molecule has 0 aromatic heterocycles. The second kappa shape index (κ2) is 7.53. The van der Waals surface area contributed by atoms with Crippen molar-refractivity contribution in [2.75, 3.05) is 7.05 Å². The molecule has 1 aromatic rings. The molecule has 0 aliphatic carbocycles. The van der Waals surface area contributed by atoms with Gasteiger partial charge in [-0.15, -0.1) is 0 Å². The van der Waals surface area contributed by atoms with Crippen molar-refractivity contribution in [1.82, 2.24) is 5.32 Å². The molecule has 0 radical (unpaired) electrons. The molecule has 0 aliphatic heterocycles. The van der Waals surface area contributed by atoms with Crippen LogP contribution in [-0.2, 0) is 0 Å². The Kier molecular flexibility index (Phi) is 7.16. The van der Waals surface area contributed by atoms with E-state index in [1.165, 1.54) is 19.2 Å². The van der Waals surface area contributed by atoms with Gasteiger partial charge in [0, 0.05) is 11.9 Å². The van der Waals surface area contributed by atoms with Gasteiger partial charge in [-0.05, 0) is 30.0 Å². The second-order valence-electron chi connectivity index (χ2n) is 2.77. The van der Waals surface area contributed by atoms with Crippen molar-refractivity contribution in [3.8, 4) is 0 Å². The monoisotopic (exact) mass is 299 g/mol. The van der Waals surface area contributed by atoms with E-state index in [9.17, 15) is 18.0 Å². The third-order valence-corrected chi connectivity index (χ3v) is 2.69. The molecule has 0 saturated heterocycles. The highest BCUT2D eigenvalue weighted by molar-refractivity contribution is 8.00. The Labute approximate surface area is 113 Å². The SMILES string of the molecule is CC.CNC(=O)c1cc(SC(F)(F)F)ccc1Cl. The maximum Gasteiger partial charge on any atom is 0.446 e. The summed E-state index contributed by atoms with van der Waals surface area (Å²) < 4.78 is 36.3. The van der Waals surface area contributed by atoms with E-state index in [2.05, 4.69) is 5.32 Å². The van der Waals surface area contributed by atoms with E-state index < -0.39 is 11.4 Å². The van der Waals surface area contributed by atoms with Gasteiger partial charge in [-0.25, -0.2) is 0 Å². The van der Waals surface area contributed by atoms with E-state index in [-0.39, 0.29) is 27.2 Å². The van der Waals surface area contributed by atoms with Crippen molar-refractivity contribution < 1.29 is 18.0 Å². The summed E-state index contributed by atoms with van der Waals surface area (Å²) in [6.07, 6.45) is 0. The number of hydrogen-bond donors (Lipinski definition) is 1. The number of benzene rings is 1. The molecule has 7 heteroatoms. The van der Waals surface area contributed by atoms with Gasteiger partial charge in [0.1, 0.15) is 0 Å². The predicted molar refractivity (Wildman–Crippen MR) is 68.1 cm³/mol. The van der Waals surface area contributed by atoms with Gasteiger partial charge in [0.2, 0.25) is 0 Å². The normalized spacial score (nSPS) is 10.4. The lowest BCUT2D eigenvalue weighted by molar-refractivity contribution is -0.0328. The number of amides is 1. The van der Waals surface area contributed by atoms with Gasteiger partial charge in [0.05, 0.1) is 10.6 Å². The zero-order valence-corrected chi connectivity index (χ0v) is 11.6. The first-order valence-corrected chi connectivity index (χ1v) is 6.30. The summed E-state index contributed by atoms with van der Waals surface area (Å²) >= 11 is 5.40. The number of carbonyl (C=O) groups is 1. The first kappa shape index (κ1) is 17.1. The van der Waals surface area contributed by atoms with Crippen LogP contribution in [0.15, 0.2) is 23.1 Å². The maximum absolute atomic E-state index is 12.1. The fourth-order valence-corrected chi connectivity index (χ4v) is 1.79. The highest BCUT2D eigenvalue weighted by Crippen LogP contribution is 2.37. The predicted octanol–water partition coefficient (Wildman–Crippen LogP) is 4.34. The van der Waals surface area contributed by atoms with E-state index in [0.717, 1.165) is 6.07 Å².